The number of ether oxygens (including phenoxy) is 6. The number of likely N-dealkylation sites (N-methyl/N-ethyl adjacent to an activating group) is 3. The molecule has 0 atom stereocenters. The maximum absolute atomic E-state index is 13.1. The first-order valence-electron chi connectivity index (χ1n) is 24.8. The number of carbonyl (C=O) groups excluding carboxylic acids is 3. The molecule has 7 rings (SSSR count). The van der Waals surface area contributed by atoms with Crippen LogP contribution in [0.1, 0.15) is 53.6 Å². The van der Waals surface area contributed by atoms with Gasteiger partial charge in [0.25, 0.3) is 11.8 Å². The number of amides is 3. The molecule has 406 valence electrons. The molecule has 0 saturated carbocycles. The Hall–Kier alpha value is -8.56. The lowest BCUT2D eigenvalue weighted by Gasteiger charge is -2.32. The number of benzene rings is 6. The van der Waals surface area contributed by atoms with Crippen LogP contribution in [0, 0.1) is 0 Å². The van der Waals surface area contributed by atoms with Crippen LogP contribution in [0.15, 0.2) is 133 Å². The summed E-state index contributed by atoms with van der Waals surface area (Å²) in [5.74, 6) is 4.29. The van der Waals surface area contributed by atoms with Gasteiger partial charge in [-0.15, -0.1) is 0 Å². The van der Waals surface area contributed by atoms with Crippen molar-refractivity contribution < 1.29 is 52.7 Å². The van der Waals surface area contributed by atoms with Crippen LogP contribution >= 0.6 is 0 Å². The Balaban J connectivity index is 0.000000284. The molecular weight excluding hydrogens is 977 g/mol. The van der Waals surface area contributed by atoms with Crippen LogP contribution in [0.4, 0.5) is 0 Å². The lowest BCUT2D eigenvalue weighted by atomic mass is 10.0. The van der Waals surface area contributed by atoms with Crippen molar-refractivity contribution in [2.24, 2.45) is 0 Å². The molecule has 6 aromatic carbocycles. The van der Waals surface area contributed by atoms with Crippen molar-refractivity contribution in [2.45, 2.75) is 33.1 Å². The highest BCUT2D eigenvalue weighted by molar-refractivity contribution is 6.24. The zero-order chi connectivity index (χ0) is 54.7. The Morgan fingerprint density at radius 2 is 0.805 bits per heavy atom. The number of hydrogen-bond donors (Lipinski definition) is 1. The molecule has 1 aliphatic heterocycles. The molecule has 6 aromatic rings. The van der Waals surface area contributed by atoms with E-state index in [0.717, 1.165) is 59.6 Å². The number of aliphatic carboxylic acids is 1. The highest BCUT2D eigenvalue weighted by atomic mass is 16.5. The van der Waals surface area contributed by atoms with E-state index in [1.54, 1.807) is 91.9 Å². The molecule has 0 bridgehead atoms. The molecule has 1 aliphatic rings. The fourth-order valence-electron chi connectivity index (χ4n) is 8.02. The summed E-state index contributed by atoms with van der Waals surface area (Å²) in [5, 5.41) is 8.82. The minimum Gasteiger partial charge on any atom is -0.497 e. The number of nitrogens with zero attached hydrogens (tertiary/aromatic N) is 4. The van der Waals surface area contributed by atoms with Crippen LogP contribution in [-0.2, 0) is 32.0 Å². The van der Waals surface area contributed by atoms with Crippen LogP contribution in [-0.4, -0.2) is 138 Å². The van der Waals surface area contributed by atoms with E-state index in [0.29, 0.717) is 76.4 Å². The van der Waals surface area contributed by atoms with Gasteiger partial charge in [-0.05, 0) is 138 Å². The van der Waals surface area contributed by atoms with E-state index in [9.17, 15) is 19.2 Å². The molecule has 3 amide bonds. The molecule has 0 radical (unpaired) electrons. The van der Waals surface area contributed by atoms with E-state index in [1.165, 1.54) is 4.90 Å². The second-order valence-corrected chi connectivity index (χ2v) is 18.4. The highest BCUT2D eigenvalue weighted by Gasteiger charge is 2.20. The van der Waals surface area contributed by atoms with Crippen molar-refractivity contribution in [1.82, 2.24) is 19.6 Å². The van der Waals surface area contributed by atoms with Crippen molar-refractivity contribution >= 4 is 47.0 Å². The number of carbonyl (C=O) groups is 4. The van der Waals surface area contributed by atoms with Gasteiger partial charge in [-0.2, -0.15) is 0 Å². The van der Waals surface area contributed by atoms with Gasteiger partial charge in [0, 0.05) is 90.5 Å². The molecule has 77 heavy (non-hydrogen) atoms. The van der Waals surface area contributed by atoms with Gasteiger partial charge < -0.3 is 53.1 Å². The standard InChI is InChI=1S/C33H39N3O5.C28H29NO6.CH4/c1-34(2)33(38)31(22-25-20-29(39-4)23-30(21-25)40-5)26-9-13-28(14-10-26)41-27-11-6-24(7-12-27)8-15-32(37)36-18-16-35(3)17-19-36;1-29(2)28(32)26(17-20-15-24(33-3)18-25(16-20)34-4)21-8-12-23(13-9-21)35-22-10-5-19(6-11-22)7-14-27(30)31;/h6-7,9-14,20-23H,8,15-19H2,1-5H3;5-6,8-13,15-18H,7,14H2,1-4H3,(H,30,31);1H4/b31-22+;26-17+;. The van der Waals surface area contributed by atoms with E-state index < -0.39 is 5.97 Å². The molecule has 0 unspecified atom stereocenters. The molecule has 0 spiro atoms. The molecule has 0 aromatic heterocycles. The molecule has 1 fully saturated rings. The SMILES string of the molecule is C.COc1cc(/C=C(/C(=O)N(C)C)c2ccc(Oc3ccc(CCC(=O)N4CCN(C)CC4)cc3)cc2)cc(OC)c1.COc1cc(/C=C(/C(=O)N(C)C)c2ccc(Oc3ccc(CCC(=O)O)cc3)cc2)cc(OC)c1. The van der Waals surface area contributed by atoms with Crippen molar-refractivity contribution in [2.75, 3.05) is 89.9 Å². The van der Waals surface area contributed by atoms with Gasteiger partial charge in [0.15, 0.2) is 0 Å². The van der Waals surface area contributed by atoms with Crippen LogP contribution in [0.5, 0.6) is 46.0 Å². The minimum absolute atomic E-state index is 0. The number of rotatable bonds is 20. The van der Waals surface area contributed by atoms with Gasteiger partial charge in [-0.25, -0.2) is 0 Å². The molecule has 0 aliphatic carbocycles. The summed E-state index contributed by atoms with van der Waals surface area (Å²) in [4.78, 5) is 56.6. The summed E-state index contributed by atoms with van der Waals surface area (Å²) in [6.07, 6.45) is 5.41. The van der Waals surface area contributed by atoms with Gasteiger partial charge in [-0.3, -0.25) is 19.2 Å². The number of hydrogen-bond acceptors (Lipinski definition) is 11. The lowest BCUT2D eigenvalue weighted by molar-refractivity contribution is -0.137. The predicted octanol–water partition coefficient (Wildman–Crippen LogP) is 10.6. The van der Waals surface area contributed by atoms with Crippen molar-refractivity contribution in [3.63, 3.8) is 0 Å². The summed E-state index contributed by atoms with van der Waals surface area (Å²) in [5.41, 5.74) is 6.14. The Morgan fingerprint density at radius 3 is 1.12 bits per heavy atom. The quantitative estimate of drug-likeness (QED) is 0.0571. The van der Waals surface area contributed by atoms with E-state index in [-0.39, 0.29) is 31.6 Å². The largest absolute Gasteiger partial charge is 0.497 e. The Labute approximate surface area is 453 Å². The molecule has 1 N–H and O–H groups in total. The van der Waals surface area contributed by atoms with Crippen LogP contribution < -0.4 is 28.4 Å². The van der Waals surface area contributed by atoms with Gasteiger partial charge >= 0.3 is 5.97 Å². The maximum Gasteiger partial charge on any atom is 0.303 e. The third kappa shape index (κ3) is 17.8. The first-order valence-corrected chi connectivity index (χ1v) is 24.8. The molecule has 15 nitrogen and oxygen atoms in total. The van der Waals surface area contributed by atoms with Crippen LogP contribution in [0.25, 0.3) is 23.3 Å². The smallest absolute Gasteiger partial charge is 0.303 e. The monoisotopic (exact) mass is 1050 g/mol. The van der Waals surface area contributed by atoms with E-state index in [2.05, 4.69) is 11.9 Å². The lowest BCUT2D eigenvalue weighted by Crippen LogP contribution is -2.47. The van der Waals surface area contributed by atoms with E-state index in [4.69, 9.17) is 33.5 Å². The maximum atomic E-state index is 13.1. The zero-order valence-electron chi connectivity index (χ0n) is 44.8. The number of carboxylic acid groups (broad SMARTS) is 1. The predicted molar refractivity (Wildman–Crippen MR) is 303 cm³/mol. The number of piperazine rings is 1. The highest BCUT2D eigenvalue weighted by Crippen LogP contribution is 2.32. The third-order valence-electron chi connectivity index (χ3n) is 12.4. The second-order valence-electron chi connectivity index (χ2n) is 18.4. The van der Waals surface area contributed by atoms with E-state index >= 15 is 0 Å². The average Bonchev–Trinajstić information content (AvgIpc) is 3.43. The average molecular weight is 1050 g/mol. The van der Waals surface area contributed by atoms with Gasteiger partial charge in [0.1, 0.15) is 46.0 Å². The van der Waals surface area contributed by atoms with E-state index in [1.807, 2.05) is 120 Å². The second kappa shape index (κ2) is 28.9. The van der Waals surface area contributed by atoms with Gasteiger partial charge in [0.05, 0.1) is 28.4 Å². The molecule has 15 heteroatoms. The summed E-state index contributed by atoms with van der Waals surface area (Å²) >= 11 is 0. The van der Waals surface area contributed by atoms with Crippen molar-refractivity contribution in [3.8, 4) is 46.0 Å². The fourth-order valence-corrected chi connectivity index (χ4v) is 8.02. The first kappa shape index (κ1) is 59.3. The van der Waals surface area contributed by atoms with Crippen LogP contribution in [0.2, 0.25) is 0 Å². The van der Waals surface area contributed by atoms with Gasteiger partial charge in [-0.1, -0.05) is 56.0 Å². The number of methoxy groups -OCH3 is 4. The summed E-state index contributed by atoms with van der Waals surface area (Å²) in [6, 6.07) is 40.8. The van der Waals surface area contributed by atoms with Crippen molar-refractivity contribution in [3.05, 3.63) is 167 Å². The van der Waals surface area contributed by atoms with Crippen molar-refractivity contribution in [1.29, 1.82) is 0 Å². The molecule has 1 heterocycles. The minimum atomic E-state index is -0.822. The summed E-state index contributed by atoms with van der Waals surface area (Å²) in [6.45, 7) is 3.47. The Kier molecular flexibility index (Phi) is 22.3. The molecule has 1 saturated heterocycles. The topological polar surface area (TPSA) is 157 Å². The number of aryl methyl sites for hydroxylation is 2. The number of carboxylic acids is 1. The van der Waals surface area contributed by atoms with Crippen LogP contribution in [0.3, 0.4) is 0 Å². The Morgan fingerprint density at radius 1 is 0.481 bits per heavy atom. The Bertz CT molecular complexity index is 2920. The first-order chi connectivity index (χ1) is 36.5. The summed E-state index contributed by atoms with van der Waals surface area (Å²) in [7, 11) is 15.3. The zero-order valence-corrected chi connectivity index (χ0v) is 44.8. The fraction of sp³-hybridized carbons (Fsp3) is 0.290. The normalized spacial score (nSPS) is 12.5. The third-order valence-corrected chi connectivity index (χ3v) is 12.4. The molecular formula is C62H72N4O11. The van der Waals surface area contributed by atoms with Gasteiger partial charge in [0.2, 0.25) is 5.91 Å². The summed E-state index contributed by atoms with van der Waals surface area (Å²) < 4.78 is 33.4.